The number of carbonyl (C=O) groups is 2. The van der Waals surface area contributed by atoms with E-state index in [0.29, 0.717) is 17.1 Å². The van der Waals surface area contributed by atoms with Crippen molar-refractivity contribution in [2.24, 2.45) is 0 Å². The van der Waals surface area contributed by atoms with E-state index in [1.54, 1.807) is 29.2 Å². The van der Waals surface area contributed by atoms with Crippen LogP contribution in [0.5, 0.6) is 0 Å². The van der Waals surface area contributed by atoms with Crippen LogP contribution in [0.4, 0.5) is 0 Å². The summed E-state index contributed by atoms with van der Waals surface area (Å²) in [7, 11) is 0. The number of nitrogens with zero attached hydrogens (tertiary/aromatic N) is 2. The van der Waals surface area contributed by atoms with Gasteiger partial charge in [0.25, 0.3) is 5.91 Å². The molecule has 0 aromatic heterocycles. The second kappa shape index (κ2) is 5.95. The molecule has 2 aliphatic heterocycles. The molecule has 0 unspecified atom stereocenters. The molecule has 24 heavy (non-hydrogen) atoms. The first-order valence-electron chi connectivity index (χ1n) is 8.05. The highest BCUT2D eigenvalue weighted by Gasteiger charge is 2.38. The molecule has 0 aliphatic carbocycles. The van der Waals surface area contributed by atoms with Gasteiger partial charge in [-0.25, -0.2) is 0 Å². The zero-order valence-corrected chi connectivity index (χ0v) is 13.9. The van der Waals surface area contributed by atoms with E-state index in [9.17, 15) is 9.59 Å². The lowest BCUT2D eigenvalue weighted by Gasteiger charge is -2.44. The van der Waals surface area contributed by atoms with Crippen molar-refractivity contribution in [2.75, 3.05) is 19.6 Å². The lowest BCUT2D eigenvalue weighted by atomic mass is 9.90. The molecule has 0 spiro atoms. The molecular weight excluding hydrogens is 324 g/mol. The first kappa shape index (κ1) is 15.2. The molecule has 2 heterocycles. The van der Waals surface area contributed by atoms with E-state index in [1.165, 1.54) is 5.56 Å². The zero-order chi connectivity index (χ0) is 16.7. The van der Waals surface area contributed by atoms with Gasteiger partial charge in [0.05, 0.1) is 6.04 Å². The topological polar surface area (TPSA) is 40.6 Å². The molecule has 2 amide bonds. The van der Waals surface area contributed by atoms with Gasteiger partial charge in [0.2, 0.25) is 5.91 Å². The maximum Gasteiger partial charge on any atom is 0.254 e. The van der Waals surface area contributed by atoms with Crippen molar-refractivity contribution in [1.29, 1.82) is 0 Å². The highest BCUT2D eigenvalue weighted by atomic mass is 35.5. The molecule has 2 aromatic carbocycles. The molecule has 2 aromatic rings. The number of carbonyl (C=O) groups excluding carboxylic acids is 2. The van der Waals surface area contributed by atoms with Crippen molar-refractivity contribution < 1.29 is 9.59 Å². The lowest BCUT2D eigenvalue weighted by molar-refractivity contribution is -0.139. The SMILES string of the molecule is O=C(c1ccc(Cl)cc1)N1CC(=O)N2CCc3ccccc3[C@@H]2C1. The molecule has 2 aliphatic rings. The molecule has 4 rings (SSSR count). The Bertz CT molecular complexity index is 803. The molecule has 0 radical (unpaired) electrons. The van der Waals surface area contributed by atoms with Gasteiger partial charge in [-0.15, -0.1) is 0 Å². The Hall–Kier alpha value is -2.33. The van der Waals surface area contributed by atoms with Crippen molar-refractivity contribution in [3.05, 3.63) is 70.2 Å². The first-order chi connectivity index (χ1) is 11.6. The zero-order valence-electron chi connectivity index (χ0n) is 13.1. The Morgan fingerprint density at radius 2 is 1.83 bits per heavy atom. The Balaban J connectivity index is 1.63. The van der Waals surface area contributed by atoms with Gasteiger partial charge < -0.3 is 9.80 Å². The number of rotatable bonds is 1. The normalized spacial score (nSPS) is 19.7. The summed E-state index contributed by atoms with van der Waals surface area (Å²) in [5.41, 5.74) is 2.99. The molecule has 0 N–H and O–H groups in total. The summed E-state index contributed by atoms with van der Waals surface area (Å²) in [4.78, 5) is 28.9. The van der Waals surface area contributed by atoms with Gasteiger partial charge in [0.1, 0.15) is 6.54 Å². The highest BCUT2D eigenvalue weighted by molar-refractivity contribution is 6.30. The largest absolute Gasteiger partial charge is 0.332 e. The second-order valence-corrected chi connectivity index (χ2v) is 6.68. The maximum absolute atomic E-state index is 12.8. The smallest absolute Gasteiger partial charge is 0.254 e. The molecule has 4 nitrogen and oxygen atoms in total. The van der Waals surface area contributed by atoms with Crippen LogP contribution in [0.3, 0.4) is 0 Å². The van der Waals surface area contributed by atoms with Gasteiger partial charge in [-0.05, 0) is 41.8 Å². The number of fused-ring (bicyclic) bond motifs is 3. The fraction of sp³-hybridized carbons (Fsp3) is 0.263. The fourth-order valence-electron chi connectivity index (χ4n) is 3.60. The van der Waals surface area contributed by atoms with Crippen LogP contribution in [0, 0.1) is 0 Å². The van der Waals surface area contributed by atoms with Crippen LogP contribution < -0.4 is 0 Å². The average molecular weight is 341 g/mol. The quantitative estimate of drug-likeness (QED) is 0.801. The van der Waals surface area contributed by atoms with Gasteiger partial charge in [0, 0.05) is 23.7 Å². The molecule has 1 saturated heterocycles. The number of piperazine rings is 1. The molecule has 0 bridgehead atoms. The van der Waals surface area contributed by atoms with Gasteiger partial charge >= 0.3 is 0 Å². The van der Waals surface area contributed by atoms with Gasteiger partial charge in [-0.2, -0.15) is 0 Å². The summed E-state index contributed by atoms with van der Waals surface area (Å²) < 4.78 is 0. The van der Waals surface area contributed by atoms with E-state index in [-0.39, 0.29) is 24.4 Å². The summed E-state index contributed by atoms with van der Waals surface area (Å²) in [5, 5.41) is 0.591. The van der Waals surface area contributed by atoms with E-state index in [4.69, 9.17) is 11.6 Å². The van der Waals surface area contributed by atoms with Crippen molar-refractivity contribution in [1.82, 2.24) is 9.80 Å². The van der Waals surface area contributed by atoms with Gasteiger partial charge in [-0.1, -0.05) is 35.9 Å². The van der Waals surface area contributed by atoms with Crippen molar-refractivity contribution in [3.63, 3.8) is 0 Å². The lowest BCUT2D eigenvalue weighted by Crippen LogP contribution is -2.55. The van der Waals surface area contributed by atoms with Crippen LogP contribution in [-0.4, -0.2) is 41.2 Å². The molecule has 1 atom stereocenters. The number of benzene rings is 2. The van der Waals surface area contributed by atoms with Crippen molar-refractivity contribution in [3.8, 4) is 0 Å². The average Bonchev–Trinajstić information content (AvgIpc) is 2.61. The molecular formula is C19H17ClN2O2. The molecule has 122 valence electrons. The van der Waals surface area contributed by atoms with Crippen LogP contribution in [0.1, 0.15) is 27.5 Å². The van der Waals surface area contributed by atoms with E-state index in [2.05, 4.69) is 12.1 Å². The van der Waals surface area contributed by atoms with Crippen LogP contribution >= 0.6 is 11.6 Å². The predicted octanol–water partition coefficient (Wildman–Crippen LogP) is 2.92. The van der Waals surface area contributed by atoms with Crippen LogP contribution in [-0.2, 0) is 11.2 Å². The Labute approximate surface area is 145 Å². The highest BCUT2D eigenvalue weighted by Crippen LogP contribution is 2.33. The molecule has 1 fully saturated rings. The third-order valence-corrected chi connectivity index (χ3v) is 5.08. The molecule has 5 heteroatoms. The Kier molecular flexibility index (Phi) is 3.77. The third kappa shape index (κ3) is 2.57. The van der Waals surface area contributed by atoms with Crippen molar-refractivity contribution in [2.45, 2.75) is 12.5 Å². The van der Waals surface area contributed by atoms with Crippen molar-refractivity contribution >= 4 is 23.4 Å². The fourth-order valence-corrected chi connectivity index (χ4v) is 3.73. The number of hydrogen-bond acceptors (Lipinski definition) is 2. The second-order valence-electron chi connectivity index (χ2n) is 6.24. The van der Waals surface area contributed by atoms with Crippen LogP contribution in [0.25, 0.3) is 0 Å². The summed E-state index contributed by atoms with van der Waals surface area (Å²) in [5.74, 6) is -0.106. The van der Waals surface area contributed by atoms with Crippen LogP contribution in [0.2, 0.25) is 5.02 Å². The third-order valence-electron chi connectivity index (χ3n) is 4.83. The summed E-state index contributed by atoms with van der Waals surface area (Å²) >= 11 is 5.89. The number of amides is 2. The number of halogens is 1. The minimum atomic E-state index is -0.122. The minimum absolute atomic E-state index is 0.0167. The van der Waals surface area contributed by atoms with Gasteiger partial charge in [0.15, 0.2) is 0 Å². The summed E-state index contributed by atoms with van der Waals surface area (Å²) in [6.07, 6.45) is 0.879. The van der Waals surface area contributed by atoms with E-state index in [0.717, 1.165) is 18.5 Å². The van der Waals surface area contributed by atoms with Crippen LogP contribution in [0.15, 0.2) is 48.5 Å². The van der Waals surface area contributed by atoms with E-state index < -0.39 is 0 Å². The van der Waals surface area contributed by atoms with Gasteiger partial charge in [-0.3, -0.25) is 9.59 Å². The Morgan fingerprint density at radius 3 is 2.62 bits per heavy atom. The van der Waals surface area contributed by atoms with E-state index in [1.807, 2.05) is 17.0 Å². The maximum atomic E-state index is 12.8. The Morgan fingerprint density at radius 1 is 1.08 bits per heavy atom. The summed E-state index contributed by atoms with van der Waals surface area (Å²) in [6.45, 7) is 1.40. The molecule has 0 saturated carbocycles. The first-order valence-corrected chi connectivity index (χ1v) is 8.43. The summed E-state index contributed by atoms with van der Waals surface area (Å²) in [6, 6.07) is 14.9. The number of hydrogen-bond donors (Lipinski definition) is 0. The monoisotopic (exact) mass is 340 g/mol. The standard InChI is InChI=1S/C19H17ClN2O2/c20-15-7-5-14(6-8-15)19(24)21-11-17-16-4-2-1-3-13(16)9-10-22(17)18(23)12-21/h1-8,17H,9-12H2/t17-/m0/s1. The van der Waals surface area contributed by atoms with E-state index >= 15 is 0 Å². The minimum Gasteiger partial charge on any atom is -0.332 e. The predicted molar refractivity (Wildman–Crippen MR) is 92.0 cm³/mol.